The lowest BCUT2D eigenvalue weighted by atomic mass is 10.1. The molecule has 0 aliphatic heterocycles. The Hall–Kier alpha value is -2.36. The number of rotatable bonds is 5. The molecule has 0 spiro atoms. The molecule has 19 heavy (non-hydrogen) atoms. The van der Waals surface area contributed by atoms with Gasteiger partial charge >= 0.3 is 0 Å². The van der Waals surface area contributed by atoms with Crippen LogP contribution in [0, 0.1) is 17.0 Å². The van der Waals surface area contributed by atoms with E-state index in [9.17, 15) is 10.1 Å². The first-order valence-electron chi connectivity index (χ1n) is 6.20. The molecule has 0 saturated carbocycles. The van der Waals surface area contributed by atoms with Crippen molar-refractivity contribution in [3.63, 3.8) is 0 Å². The van der Waals surface area contributed by atoms with Gasteiger partial charge in [0.25, 0.3) is 5.69 Å². The third-order valence-electron chi connectivity index (χ3n) is 3.07. The van der Waals surface area contributed by atoms with Crippen LogP contribution in [0.4, 0.5) is 11.4 Å². The van der Waals surface area contributed by atoms with Gasteiger partial charge in [0.05, 0.1) is 4.92 Å². The van der Waals surface area contributed by atoms with Crippen LogP contribution in [0.3, 0.4) is 0 Å². The third-order valence-corrected chi connectivity index (χ3v) is 3.07. The first-order chi connectivity index (χ1) is 9.18. The van der Waals surface area contributed by atoms with Gasteiger partial charge in [-0.15, -0.1) is 0 Å². The Bertz CT molecular complexity index is 568. The smallest absolute Gasteiger partial charge is 0.274 e. The van der Waals surface area contributed by atoms with Crippen LogP contribution in [0.25, 0.3) is 0 Å². The zero-order valence-electron chi connectivity index (χ0n) is 10.8. The monoisotopic (exact) mass is 256 g/mol. The minimum atomic E-state index is -0.349. The highest BCUT2D eigenvalue weighted by atomic mass is 16.6. The van der Waals surface area contributed by atoms with Crippen LogP contribution in [0.2, 0.25) is 0 Å². The van der Waals surface area contributed by atoms with Crippen molar-refractivity contribution >= 4 is 11.4 Å². The zero-order chi connectivity index (χ0) is 13.7. The highest BCUT2D eigenvalue weighted by Gasteiger charge is 2.12. The van der Waals surface area contributed by atoms with Crippen LogP contribution >= 0.6 is 0 Å². The maximum absolute atomic E-state index is 10.8. The molecule has 0 atom stereocenters. The van der Waals surface area contributed by atoms with Gasteiger partial charge in [0.2, 0.25) is 0 Å². The fraction of sp³-hybridized carbons (Fsp3) is 0.200. The van der Waals surface area contributed by atoms with E-state index in [1.807, 2.05) is 24.3 Å². The number of nitro benzene ring substituents is 1. The van der Waals surface area contributed by atoms with Crippen molar-refractivity contribution in [2.45, 2.75) is 13.3 Å². The minimum absolute atomic E-state index is 0.157. The van der Waals surface area contributed by atoms with Crippen LogP contribution in [0.5, 0.6) is 0 Å². The number of nitrogens with zero attached hydrogens (tertiary/aromatic N) is 1. The SMILES string of the molecule is Cc1c(NCCc2ccccc2)cccc1[N+](=O)[O-]. The van der Waals surface area contributed by atoms with Crippen molar-refractivity contribution in [2.75, 3.05) is 11.9 Å². The molecule has 0 heterocycles. The van der Waals surface area contributed by atoms with Gasteiger partial charge in [-0.05, 0) is 25.0 Å². The van der Waals surface area contributed by atoms with E-state index in [1.165, 1.54) is 11.6 Å². The summed E-state index contributed by atoms with van der Waals surface area (Å²) in [5.41, 5.74) is 2.91. The van der Waals surface area contributed by atoms with Crippen molar-refractivity contribution < 1.29 is 4.92 Å². The summed E-state index contributed by atoms with van der Waals surface area (Å²) in [5.74, 6) is 0. The first kappa shape index (κ1) is 13.1. The molecule has 0 unspecified atom stereocenters. The Labute approximate surface area is 112 Å². The maximum atomic E-state index is 10.8. The van der Waals surface area contributed by atoms with Gasteiger partial charge in [0, 0.05) is 23.9 Å². The van der Waals surface area contributed by atoms with Gasteiger partial charge < -0.3 is 5.32 Å². The van der Waals surface area contributed by atoms with Crippen LogP contribution in [0.15, 0.2) is 48.5 Å². The highest BCUT2D eigenvalue weighted by molar-refractivity contribution is 5.59. The van der Waals surface area contributed by atoms with E-state index in [1.54, 1.807) is 13.0 Å². The molecule has 1 N–H and O–H groups in total. The molecular formula is C15H16N2O2. The molecule has 0 radical (unpaired) electrons. The predicted molar refractivity (Wildman–Crippen MR) is 76.5 cm³/mol. The van der Waals surface area contributed by atoms with Crippen LogP contribution in [-0.4, -0.2) is 11.5 Å². The number of nitrogens with one attached hydrogen (secondary N) is 1. The van der Waals surface area contributed by atoms with Gasteiger partial charge in [-0.3, -0.25) is 10.1 Å². The standard InChI is InChI=1S/C15H16N2O2/c1-12-14(8-5-9-15(12)17(18)19)16-11-10-13-6-3-2-4-7-13/h2-9,16H,10-11H2,1H3. The van der Waals surface area contributed by atoms with Crippen molar-refractivity contribution in [3.05, 3.63) is 69.8 Å². The summed E-state index contributed by atoms with van der Waals surface area (Å²) in [6.07, 6.45) is 0.892. The summed E-state index contributed by atoms with van der Waals surface area (Å²) >= 11 is 0. The van der Waals surface area contributed by atoms with Crippen molar-refractivity contribution in [3.8, 4) is 0 Å². The normalized spacial score (nSPS) is 10.2. The molecule has 0 amide bonds. The Balaban J connectivity index is 2.00. The summed E-state index contributed by atoms with van der Waals surface area (Å²) in [6, 6.07) is 15.2. The molecule has 4 nitrogen and oxygen atoms in total. The maximum Gasteiger partial charge on any atom is 0.274 e. The fourth-order valence-corrected chi connectivity index (χ4v) is 2.00. The minimum Gasteiger partial charge on any atom is -0.384 e. The lowest BCUT2D eigenvalue weighted by Gasteiger charge is -2.09. The molecule has 0 fully saturated rings. The van der Waals surface area contributed by atoms with Gasteiger partial charge in [-0.25, -0.2) is 0 Å². The Morgan fingerprint density at radius 3 is 2.53 bits per heavy atom. The van der Waals surface area contributed by atoms with E-state index in [-0.39, 0.29) is 10.6 Å². The van der Waals surface area contributed by atoms with Crippen molar-refractivity contribution in [1.82, 2.24) is 0 Å². The molecule has 0 aliphatic rings. The highest BCUT2D eigenvalue weighted by Crippen LogP contribution is 2.24. The van der Waals surface area contributed by atoms with Gasteiger partial charge in [0.15, 0.2) is 0 Å². The molecule has 2 aromatic rings. The first-order valence-corrected chi connectivity index (χ1v) is 6.20. The number of hydrogen-bond acceptors (Lipinski definition) is 3. The number of anilines is 1. The molecule has 98 valence electrons. The molecular weight excluding hydrogens is 240 g/mol. The number of hydrogen-bond donors (Lipinski definition) is 1. The summed E-state index contributed by atoms with van der Waals surface area (Å²) in [6.45, 7) is 2.52. The summed E-state index contributed by atoms with van der Waals surface area (Å²) in [7, 11) is 0. The summed E-state index contributed by atoms with van der Waals surface area (Å²) < 4.78 is 0. The largest absolute Gasteiger partial charge is 0.384 e. The fourth-order valence-electron chi connectivity index (χ4n) is 2.00. The van der Waals surface area contributed by atoms with E-state index < -0.39 is 0 Å². The second kappa shape index (κ2) is 6.00. The lowest BCUT2D eigenvalue weighted by molar-refractivity contribution is -0.385. The van der Waals surface area contributed by atoms with Crippen LogP contribution in [0.1, 0.15) is 11.1 Å². The van der Waals surface area contributed by atoms with E-state index in [4.69, 9.17) is 0 Å². The number of benzene rings is 2. The topological polar surface area (TPSA) is 55.2 Å². The van der Waals surface area contributed by atoms with Gasteiger partial charge in [-0.1, -0.05) is 36.4 Å². The van der Waals surface area contributed by atoms with Crippen LogP contribution < -0.4 is 5.32 Å². The van der Waals surface area contributed by atoms with E-state index in [0.29, 0.717) is 5.56 Å². The van der Waals surface area contributed by atoms with Crippen molar-refractivity contribution in [2.24, 2.45) is 0 Å². The van der Waals surface area contributed by atoms with Crippen LogP contribution in [-0.2, 0) is 6.42 Å². The average molecular weight is 256 g/mol. The Morgan fingerprint density at radius 1 is 1.11 bits per heavy atom. The quantitative estimate of drug-likeness (QED) is 0.657. The third kappa shape index (κ3) is 3.31. The summed E-state index contributed by atoms with van der Waals surface area (Å²) in [4.78, 5) is 10.5. The zero-order valence-corrected chi connectivity index (χ0v) is 10.8. The second-order valence-corrected chi connectivity index (χ2v) is 4.37. The van der Waals surface area contributed by atoms with E-state index in [0.717, 1.165) is 18.7 Å². The molecule has 0 saturated heterocycles. The van der Waals surface area contributed by atoms with Gasteiger partial charge in [-0.2, -0.15) is 0 Å². The van der Waals surface area contributed by atoms with Crippen molar-refractivity contribution in [1.29, 1.82) is 0 Å². The molecule has 2 rings (SSSR count). The van der Waals surface area contributed by atoms with E-state index in [2.05, 4.69) is 17.4 Å². The molecule has 4 heteroatoms. The predicted octanol–water partition coefficient (Wildman–Crippen LogP) is 3.56. The Morgan fingerprint density at radius 2 is 1.84 bits per heavy atom. The second-order valence-electron chi connectivity index (χ2n) is 4.37. The van der Waals surface area contributed by atoms with E-state index >= 15 is 0 Å². The molecule has 0 aromatic heterocycles. The molecule has 0 bridgehead atoms. The van der Waals surface area contributed by atoms with Gasteiger partial charge in [0.1, 0.15) is 0 Å². The average Bonchev–Trinajstić information content (AvgIpc) is 2.41. The molecule has 0 aliphatic carbocycles. The lowest BCUT2D eigenvalue weighted by Crippen LogP contribution is -2.06. The molecule has 2 aromatic carbocycles. The summed E-state index contributed by atoms with van der Waals surface area (Å²) in [5, 5.41) is 14.1. The number of nitro groups is 1. The Kier molecular flexibility index (Phi) is 4.13.